The summed E-state index contributed by atoms with van der Waals surface area (Å²) in [6.07, 6.45) is 5.42. The molecule has 0 radical (unpaired) electrons. The molecule has 28 heavy (non-hydrogen) atoms. The predicted molar refractivity (Wildman–Crippen MR) is 110 cm³/mol. The zero-order valence-electron chi connectivity index (χ0n) is 17.4. The average Bonchev–Trinajstić information content (AvgIpc) is 2.69. The van der Waals surface area contributed by atoms with Crippen LogP contribution in [0, 0.1) is 12.8 Å². The minimum Gasteiger partial charge on any atom is -0.496 e. The summed E-state index contributed by atoms with van der Waals surface area (Å²) in [4.78, 5) is 13.8. The molecule has 2 atom stereocenters. The van der Waals surface area contributed by atoms with E-state index in [1.54, 1.807) is 19.3 Å². The second-order valence-corrected chi connectivity index (χ2v) is 7.17. The molecule has 0 N–H and O–H groups in total. The fourth-order valence-electron chi connectivity index (χ4n) is 3.46. The number of methoxy groups -OCH3 is 3. The van der Waals surface area contributed by atoms with Crippen molar-refractivity contribution < 1.29 is 23.7 Å². The zero-order valence-corrected chi connectivity index (χ0v) is 18.2. The number of rotatable bonds is 9. The Bertz CT molecular complexity index is 783. The van der Waals surface area contributed by atoms with Gasteiger partial charge in [-0.05, 0) is 38.0 Å². The van der Waals surface area contributed by atoms with E-state index in [0.717, 1.165) is 24.0 Å². The summed E-state index contributed by atoms with van der Waals surface area (Å²) in [7, 11) is 4.58. The summed E-state index contributed by atoms with van der Waals surface area (Å²) >= 11 is 6.52. The van der Waals surface area contributed by atoms with Gasteiger partial charge in [-0.15, -0.1) is 0 Å². The second-order valence-electron chi connectivity index (χ2n) is 6.79. The first-order valence-electron chi connectivity index (χ1n) is 9.37. The van der Waals surface area contributed by atoms with Crippen molar-refractivity contribution in [1.82, 2.24) is 0 Å². The molecule has 1 aromatic carbocycles. The first kappa shape index (κ1) is 22.5. The molecule has 0 bridgehead atoms. The fourth-order valence-corrected chi connectivity index (χ4v) is 3.71. The molecule has 1 aromatic rings. The molecule has 2 rings (SSSR count). The molecule has 0 heterocycles. The molecule has 0 aromatic heterocycles. The number of benzene rings is 1. The van der Waals surface area contributed by atoms with Crippen molar-refractivity contribution in [1.29, 1.82) is 0 Å². The number of allylic oxidation sites excluding steroid dienone is 2. The minimum absolute atomic E-state index is 0.236. The molecule has 0 aliphatic heterocycles. The maximum atomic E-state index is 13.8. The molecule has 0 saturated carbocycles. The third-order valence-corrected chi connectivity index (χ3v) is 5.53. The number of Topliss-reactive ketones (excluding diaryl/α,β-unsaturated/α-hetero) is 1. The predicted octanol–water partition coefficient (Wildman–Crippen LogP) is 5.11. The van der Waals surface area contributed by atoms with Gasteiger partial charge in [-0.25, -0.2) is 0 Å². The Hall–Kier alpha value is -1.82. The quantitative estimate of drug-likeness (QED) is 0.323. The van der Waals surface area contributed by atoms with E-state index in [-0.39, 0.29) is 5.78 Å². The SMILES string of the molecule is CCCCOC1(OC)C(OC)=CC=C(C)C1C(=O)c1c(OC)ccc(C)c1Cl. The van der Waals surface area contributed by atoms with Crippen molar-refractivity contribution in [3.05, 3.63) is 51.8 Å². The van der Waals surface area contributed by atoms with Crippen LogP contribution in [-0.4, -0.2) is 39.5 Å². The van der Waals surface area contributed by atoms with Crippen LogP contribution in [0.2, 0.25) is 5.02 Å². The van der Waals surface area contributed by atoms with Gasteiger partial charge in [0.05, 0.1) is 31.4 Å². The van der Waals surface area contributed by atoms with Crippen LogP contribution in [0.25, 0.3) is 0 Å². The molecule has 154 valence electrons. The third kappa shape index (κ3) is 3.97. The van der Waals surface area contributed by atoms with E-state index in [4.69, 9.17) is 30.5 Å². The molecular weight excluding hydrogens is 380 g/mol. The van der Waals surface area contributed by atoms with Gasteiger partial charge in [0.2, 0.25) is 5.79 Å². The van der Waals surface area contributed by atoms with Gasteiger partial charge < -0.3 is 18.9 Å². The lowest BCUT2D eigenvalue weighted by Crippen LogP contribution is -2.50. The number of ketones is 1. The number of halogens is 1. The van der Waals surface area contributed by atoms with Crippen LogP contribution in [-0.2, 0) is 14.2 Å². The summed E-state index contributed by atoms with van der Waals surface area (Å²) in [5.74, 6) is -1.50. The monoisotopic (exact) mass is 408 g/mol. The van der Waals surface area contributed by atoms with Gasteiger partial charge in [0.15, 0.2) is 11.5 Å². The highest BCUT2D eigenvalue weighted by Crippen LogP contribution is 2.44. The first-order valence-corrected chi connectivity index (χ1v) is 9.75. The first-order chi connectivity index (χ1) is 13.4. The highest BCUT2D eigenvalue weighted by molar-refractivity contribution is 6.35. The maximum Gasteiger partial charge on any atom is 0.241 e. The highest BCUT2D eigenvalue weighted by atomic mass is 35.5. The summed E-state index contributed by atoms with van der Waals surface area (Å²) in [5.41, 5.74) is 1.91. The summed E-state index contributed by atoms with van der Waals surface area (Å²) in [6, 6.07) is 3.57. The van der Waals surface area contributed by atoms with Crippen LogP contribution in [0.5, 0.6) is 5.75 Å². The average molecular weight is 409 g/mol. The summed E-state index contributed by atoms with van der Waals surface area (Å²) in [6.45, 7) is 6.23. The van der Waals surface area contributed by atoms with Crippen molar-refractivity contribution in [2.45, 2.75) is 39.4 Å². The number of ether oxygens (including phenoxy) is 4. The molecule has 0 fully saturated rings. The van der Waals surface area contributed by atoms with Gasteiger partial charge in [0, 0.05) is 7.11 Å². The number of unbranched alkanes of at least 4 members (excludes halogenated alkanes) is 1. The smallest absolute Gasteiger partial charge is 0.241 e. The standard InChI is InChI=1S/C22H29ClO5/c1-7-8-13-28-22(27-6)17(26-5)12-10-14(2)19(22)21(24)18-16(25-4)11-9-15(3)20(18)23/h9-12,19H,7-8,13H2,1-6H3. The van der Waals surface area contributed by atoms with Crippen LogP contribution in [0.15, 0.2) is 35.6 Å². The van der Waals surface area contributed by atoms with Gasteiger partial charge in [0.25, 0.3) is 0 Å². The Morgan fingerprint density at radius 3 is 2.43 bits per heavy atom. The normalized spacial score (nSPS) is 21.8. The van der Waals surface area contributed by atoms with Crippen LogP contribution < -0.4 is 4.74 Å². The Morgan fingerprint density at radius 2 is 1.86 bits per heavy atom. The molecule has 5 nitrogen and oxygen atoms in total. The van der Waals surface area contributed by atoms with E-state index in [9.17, 15) is 4.79 Å². The largest absolute Gasteiger partial charge is 0.496 e. The van der Waals surface area contributed by atoms with Gasteiger partial charge in [-0.3, -0.25) is 4.79 Å². The van der Waals surface area contributed by atoms with Crippen molar-refractivity contribution in [3.63, 3.8) is 0 Å². The lowest BCUT2D eigenvalue weighted by atomic mass is 9.79. The number of carbonyl (C=O) groups is 1. The van der Waals surface area contributed by atoms with Crippen LogP contribution in [0.1, 0.15) is 42.6 Å². The van der Waals surface area contributed by atoms with E-state index in [2.05, 4.69) is 6.92 Å². The lowest BCUT2D eigenvalue weighted by Gasteiger charge is -2.41. The molecule has 2 unspecified atom stereocenters. The van der Waals surface area contributed by atoms with E-state index in [1.807, 2.05) is 26.0 Å². The van der Waals surface area contributed by atoms with E-state index in [0.29, 0.717) is 28.7 Å². The number of hydrogen-bond donors (Lipinski definition) is 0. The second kappa shape index (κ2) is 9.59. The van der Waals surface area contributed by atoms with Crippen molar-refractivity contribution in [2.24, 2.45) is 5.92 Å². The topological polar surface area (TPSA) is 54.0 Å². The number of aryl methyl sites for hydroxylation is 1. The zero-order chi connectivity index (χ0) is 20.9. The van der Waals surface area contributed by atoms with Crippen LogP contribution in [0.4, 0.5) is 0 Å². The molecule has 1 aliphatic rings. The van der Waals surface area contributed by atoms with Gasteiger partial charge >= 0.3 is 0 Å². The van der Waals surface area contributed by atoms with Crippen LogP contribution >= 0.6 is 11.6 Å². The van der Waals surface area contributed by atoms with E-state index < -0.39 is 11.7 Å². The summed E-state index contributed by atoms with van der Waals surface area (Å²) < 4.78 is 23.0. The Balaban J connectivity index is 2.62. The molecule has 0 saturated heterocycles. The van der Waals surface area contributed by atoms with E-state index >= 15 is 0 Å². The molecule has 0 amide bonds. The molecule has 1 aliphatic carbocycles. The van der Waals surface area contributed by atoms with Crippen LogP contribution in [0.3, 0.4) is 0 Å². The molecule has 0 spiro atoms. The maximum absolute atomic E-state index is 13.8. The van der Waals surface area contributed by atoms with E-state index in [1.165, 1.54) is 14.2 Å². The van der Waals surface area contributed by atoms with Gasteiger partial charge in [-0.2, -0.15) is 0 Å². The van der Waals surface area contributed by atoms with Gasteiger partial charge in [0.1, 0.15) is 11.7 Å². The minimum atomic E-state index is -1.36. The Kier molecular flexibility index (Phi) is 7.70. The number of hydrogen-bond acceptors (Lipinski definition) is 5. The molecular formula is C22H29ClO5. The fraction of sp³-hybridized carbons (Fsp3) is 0.500. The third-order valence-electron chi connectivity index (χ3n) is 5.04. The van der Waals surface area contributed by atoms with Crippen molar-refractivity contribution in [2.75, 3.05) is 27.9 Å². The van der Waals surface area contributed by atoms with Gasteiger partial charge in [-0.1, -0.05) is 42.7 Å². The molecule has 6 heteroatoms. The Labute approximate surface area is 172 Å². The Morgan fingerprint density at radius 1 is 1.14 bits per heavy atom. The van der Waals surface area contributed by atoms with Crippen molar-refractivity contribution >= 4 is 17.4 Å². The lowest BCUT2D eigenvalue weighted by molar-refractivity contribution is -0.232. The highest BCUT2D eigenvalue weighted by Gasteiger charge is 2.52. The number of carbonyl (C=O) groups excluding carboxylic acids is 1. The van der Waals surface area contributed by atoms with Crippen molar-refractivity contribution in [3.8, 4) is 5.75 Å². The summed E-state index contributed by atoms with van der Waals surface area (Å²) in [5, 5.41) is 0.365.